The Morgan fingerprint density at radius 1 is 1.40 bits per heavy atom. The molecule has 0 aliphatic carbocycles. The van der Waals surface area contributed by atoms with Gasteiger partial charge in [0.2, 0.25) is 0 Å². The van der Waals surface area contributed by atoms with Crippen molar-refractivity contribution in [3.63, 3.8) is 0 Å². The maximum Gasteiger partial charge on any atom is 0.407 e. The summed E-state index contributed by atoms with van der Waals surface area (Å²) < 4.78 is 5.26. The van der Waals surface area contributed by atoms with Gasteiger partial charge in [-0.2, -0.15) is 0 Å². The van der Waals surface area contributed by atoms with Crippen molar-refractivity contribution in [2.45, 2.75) is 59.2 Å². The predicted molar refractivity (Wildman–Crippen MR) is 84.2 cm³/mol. The molecular formula is C15H26N2O2S. The summed E-state index contributed by atoms with van der Waals surface area (Å²) in [7, 11) is 0. The Morgan fingerprint density at radius 2 is 2.10 bits per heavy atom. The quantitative estimate of drug-likeness (QED) is 0.845. The van der Waals surface area contributed by atoms with E-state index in [9.17, 15) is 4.79 Å². The summed E-state index contributed by atoms with van der Waals surface area (Å²) in [5.74, 6) is 0. The molecule has 0 radical (unpaired) electrons. The summed E-state index contributed by atoms with van der Waals surface area (Å²) in [5.41, 5.74) is -0.454. The third kappa shape index (κ3) is 6.91. The molecule has 0 aliphatic heterocycles. The van der Waals surface area contributed by atoms with E-state index in [1.54, 1.807) is 11.3 Å². The van der Waals surface area contributed by atoms with Crippen LogP contribution in [0.5, 0.6) is 0 Å². The highest BCUT2D eigenvalue weighted by atomic mass is 32.1. The van der Waals surface area contributed by atoms with Gasteiger partial charge in [-0.15, -0.1) is 11.3 Å². The molecule has 5 heteroatoms. The Hall–Kier alpha value is -1.07. The fourth-order valence-corrected chi connectivity index (χ4v) is 2.58. The van der Waals surface area contributed by atoms with Gasteiger partial charge in [-0.1, -0.05) is 6.92 Å². The number of amides is 1. The topological polar surface area (TPSA) is 50.4 Å². The summed E-state index contributed by atoms with van der Waals surface area (Å²) in [6, 6.07) is 4.35. The molecule has 0 fully saturated rings. The second-order valence-electron chi connectivity index (χ2n) is 5.89. The van der Waals surface area contributed by atoms with Crippen LogP contribution in [0.1, 0.15) is 43.9 Å². The zero-order chi connectivity index (χ0) is 15.2. The van der Waals surface area contributed by atoms with Crippen LogP contribution in [0.3, 0.4) is 0 Å². The number of carbonyl (C=O) groups excluding carboxylic acids is 1. The van der Waals surface area contributed by atoms with Gasteiger partial charge in [-0.25, -0.2) is 4.79 Å². The van der Waals surface area contributed by atoms with Gasteiger partial charge in [-0.3, -0.25) is 0 Å². The predicted octanol–water partition coefficient (Wildman–Crippen LogP) is 3.45. The molecule has 1 unspecified atom stereocenters. The highest BCUT2D eigenvalue weighted by Crippen LogP contribution is 2.14. The van der Waals surface area contributed by atoms with E-state index < -0.39 is 5.60 Å². The maximum absolute atomic E-state index is 11.7. The van der Waals surface area contributed by atoms with Crippen molar-refractivity contribution in [1.82, 2.24) is 10.6 Å². The molecular weight excluding hydrogens is 272 g/mol. The van der Waals surface area contributed by atoms with E-state index in [1.165, 1.54) is 9.75 Å². The molecule has 114 valence electrons. The minimum Gasteiger partial charge on any atom is -0.444 e. The number of aryl methyl sites for hydroxylation is 1. The number of ether oxygens (including phenoxy) is 1. The second-order valence-corrected chi connectivity index (χ2v) is 7.27. The van der Waals surface area contributed by atoms with Crippen LogP contribution in [-0.2, 0) is 11.3 Å². The van der Waals surface area contributed by atoms with E-state index >= 15 is 0 Å². The fourth-order valence-electron chi connectivity index (χ4n) is 1.72. The van der Waals surface area contributed by atoms with Crippen LogP contribution in [0, 0.1) is 6.92 Å². The molecule has 2 N–H and O–H groups in total. The van der Waals surface area contributed by atoms with Gasteiger partial charge in [0.15, 0.2) is 0 Å². The molecule has 1 aromatic heterocycles. The van der Waals surface area contributed by atoms with E-state index in [-0.39, 0.29) is 12.1 Å². The van der Waals surface area contributed by atoms with Crippen LogP contribution in [0.15, 0.2) is 12.1 Å². The summed E-state index contributed by atoms with van der Waals surface area (Å²) >= 11 is 1.79. The average Bonchev–Trinajstić information content (AvgIpc) is 2.71. The molecule has 0 saturated carbocycles. The normalized spacial score (nSPS) is 13.1. The van der Waals surface area contributed by atoms with Gasteiger partial charge in [-0.05, 0) is 46.2 Å². The lowest BCUT2D eigenvalue weighted by Crippen LogP contribution is -2.43. The molecule has 1 rings (SSSR count). The molecule has 0 spiro atoms. The number of hydrogen-bond donors (Lipinski definition) is 2. The number of thiophene rings is 1. The largest absolute Gasteiger partial charge is 0.444 e. The Labute approximate surface area is 125 Å². The molecule has 1 aromatic rings. The van der Waals surface area contributed by atoms with Gasteiger partial charge in [0.25, 0.3) is 0 Å². The van der Waals surface area contributed by atoms with Crippen LogP contribution < -0.4 is 10.6 Å². The standard InChI is InChI=1S/C15H26N2O2S/c1-6-12(17-14(18)19-15(3,4)5)9-16-10-13-8-7-11(2)20-13/h7-8,12,16H,6,9-10H2,1-5H3,(H,17,18). The molecule has 20 heavy (non-hydrogen) atoms. The summed E-state index contributed by atoms with van der Waals surface area (Å²) in [4.78, 5) is 14.3. The van der Waals surface area contributed by atoms with Crippen molar-refractivity contribution in [1.29, 1.82) is 0 Å². The summed E-state index contributed by atoms with van der Waals surface area (Å²) in [6.07, 6.45) is 0.522. The monoisotopic (exact) mass is 298 g/mol. The molecule has 1 atom stereocenters. The van der Waals surface area contributed by atoms with Crippen LogP contribution in [0.2, 0.25) is 0 Å². The van der Waals surface area contributed by atoms with Crippen LogP contribution in [-0.4, -0.2) is 24.3 Å². The van der Waals surface area contributed by atoms with Gasteiger partial charge < -0.3 is 15.4 Å². The van der Waals surface area contributed by atoms with E-state index in [0.29, 0.717) is 0 Å². The van der Waals surface area contributed by atoms with Crippen LogP contribution in [0.4, 0.5) is 4.79 Å². The average molecular weight is 298 g/mol. The Balaban J connectivity index is 2.30. The fraction of sp³-hybridized carbons (Fsp3) is 0.667. The van der Waals surface area contributed by atoms with Crippen molar-refractivity contribution in [3.8, 4) is 0 Å². The summed E-state index contributed by atoms with van der Waals surface area (Å²) in [5, 5.41) is 6.27. The maximum atomic E-state index is 11.7. The molecule has 0 bridgehead atoms. The second kappa shape index (κ2) is 7.64. The van der Waals surface area contributed by atoms with Gasteiger partial charge in [0.05, 0.1) is 0 Å². The van der Waals surface area contributed by atoms with Crippen molar-refractivity contribution in [3.05, 3.63) is 21.9 Å². The van der Waals surface area contributed by atoms with Crippen molar-refractivity contribution in [2.24, 2.45) is 0 Å². The lowest BCUT2D eigenvalue weighted by atomic mass is 10.2. The van der Waals surface area contributed by atoms with E-state index in [4.69, 9.17) is 4.74 Å². The molecule has 0 saturated heterocycles. The van der Waals surface area contributed by atoms with Crippen molar-refractivity contribution >= 4 is 17.4 Å². The number of carbonyl (C=O) groups is 1. The van der Waals surface area contributed by atoms with Crippen molar-refractivity contribution < 1.29 is 9.53 Å². The molecule has 0 aromatic carbocycles. The SMILES string of the molecule is CCC(CNCc1ccc(C)s1)NC(=O)OC(C)(C)C. The van der Waals surface area contributed by atoms with E-state index in [2.05, 4.69) is 36.6 Å². The number of hydrogen-bond acceptors (Lipinski definition) is 4. The minimum atomic E-state index is -0.454. The smallest absolute Gasteiger partial charge is 0.407 e. The first-order chi connectivity index (χ1) is 9.30. The van der Waals surface area contributed by atoms with E-state index in [0.717, 1.165) is 19.5 Å². The number of nitrogens with one attached hydrogen (secondary N) is 2. The molecule has 1 amide bonds. The zero-order valence-electron chi connectivity index (χ0n) is 13.1. The molecule has 1 heterocycles. The first-order valence-electron chi connectivity index (χ1n) is 7.05. The molecule has 4 nitrogen and oxygen atoms in total. The Kier molecular flexibility index (Phi) is 6.49. The Morgan fingerprint density at radius 3 is 2.60 bits per heavy atom. The highest BCUT2D eigenvalue weighted by molar-refractivity contribution is 7.11. The minimum absolute atomic E-state index is 0.0888. The third-order valence-corrected chi connectivity index (χ3v) is 3.70. The molecule has 0 aliphatic rings. The number of alkyl carbamates (subject to hydrolysis) is 1. The summed E-state index contributed by atoms with van der Waals surface area (Å²) in [6.45, 7) is 11.3. The van der Waals surface area contributed by atoms with Gasteiger partial charge in [0.1, 0.15) is 5.60 Å². The third-order valence-electron chi connectivity index (χ3n) is 2.70. The Bertz CT molecular complexity index is 424. The first kappa shape index (κ1) is 17.0. The van der Waals surface area contributed by atoms with Crippen LogP contribution >= 0.6 is 11.3 Å². The van der Waals surface area contributed by atoms with E-state index in [1.807, 2.05) is 20.8 Å². The lowest BCUT2D eigenvalue weighted by molar-refractivity contribution is 0.0502. The van der Waals surface area contributed by atoms with Gasteiger partial charge >= 0.3 is 6.09 Å². The van der Waals surface area contributed by atoms with Crippen molar-refractivity contribution in [2.75, 3.05) is 6.54 Å². The number of rotatable bonds is 6. The van der Waals surface area contributed by atoms with Gasteiger partial charge in [0, 0.05) is 28.9 Å². The zero-order valence-corrected chi connectivity index (χ0v) is 13.9. The first-order valence-corrected chi connectivity index (χ1v) is 7.87. The lowest BCUT2D eigenvalue weighted by Gasteiger charge is -2.23. The highest BCUT2D eigenvalue weighted by Gasteiger charge is 2.18. The van der Waals surface area contributed by atoms with Crippen LogP contribution in [0.25, 0.3) is 0 Å².